The molecule has 0 spiro atoms. The van der Waals surface area contributed by atoms with Gasteiger partial charge in [-0.3, -0.25) is 14.9 Å². The van der Waals surface area contributed by atoms with E-state index in [0.29, 0.717) is 18.4 Å². The lowest BCUT2D eigenvalue weighted by molar-refractivity contribution is -0.385. The van der Waals surface area contributed by atoms with Crippen LogP contribution in [0.2, 0.25) is 0 Å². The molecule has 0 atom stereocenters. The van der Waals surface area contributed by atoms with Crippen LogP contribution in [-0.2, 0) is 6.42 Å². The van der Waals surface area contributed by atoms with Crippen LogP contribution < -0.4 is 0 Å². The second-order valence-electron chi connectivity index (χ2n) is 4.70. The van der Waals surface area contributed by atoms with Gasteiger partial charge in [-0.2, -0.15) is 0 Å². The molecule has 4 nitrogen and oxygen atoms in total. The molecule has 0 heterocycles. The van der Waals surface area contributed by atoms with Crippen molar-refractivity contribution in [2.45, 2.75) is 12.8 Å². The Morgan fingerprint density at radius 3 is 2.59 bits per heavy atom. The van der Waals surface area contributed by atoms with E-state index in [1.807, 2.05) is 6.07 Å². The zero-order valence-corrected chi connectivity index (χ0v) is 11.7. The number of nitro benzene ring substituents is 1. The molecule has 2 aromatic rings. The second kappa shape index (κ2) is 7.26. The Labute approximate surface area is 127 Å². The molecule has 0 saturated carbocycles. The van der Waals surface area contributed by atoms with Crippen molar-refractivity contribution in [2.24, 2.45) is 0 Å². The quantitative estimate of drug-likeness (QED) is 0.349. The van der Waals surface area contributed by atoms with Gasteiger partial charge in [0.15, 0.2) is 5.78 Å². The number of nitrogens with zero attached hydrogens (tertiary/aromatic N) is 1. The van der Waals surface area contributed by atoms with Gasteiger partial charge in [0, 0.05) is 17.7 Å². The van der Waals surface area contributed by atoms with E-state index in [-0.39, 0.29) is 17.0 Å². The van der Waals surface area contributed by atoms with Crippen LogP contribution >= 0.6 is 0 Å². The fourth-order valence-corrected chi connectivity index (χ4v) is 1.99. The number of halogens is 1. The van der Waals surface area contributed by atoms with Crippen LogP contribution in [0.1, 0.15) is 22.3 Å². The Morgan fingerprint density at radius 1 is 1.18 bits per heavy atom. The highest BCUT2D eigenvalue weighted by Crippen LogP contribution is 2.18. The first-order chi connectivity index (χ1) is 10.6. The molecule has 2 rings (SSSR count). The molecule has 0 saturated heterocycles. The topological polar surface area (TPSA) is 60.2 Å². The smallest absolute Gasteiger partial charge is 0.269 e. The van der Waals surface area contributed by atoms with Crippen molar-refractivity contribution in [3.63, 3.8) is 0 Å². The van der Waals surface area contributed by atoms with Crippen molar-refractivity contribution in [3.05, 3.63) is 87.7 Å². The minimum Gasteiger partial charge on any atom is -0.289 e. The molecule has 0 fully saturated rings. The van der Waals surface area contributed by atoms with Crippen LogP contribution in [0.4, 0.5) is 10.1 Å². The fourth-order valence-electron chi connectivity index (χ4n) is 1.99. The van der Waals surface area contributed by atoms with Crippen molar-refractivity contribution < 1.29 is 14.1 Å². The number of nitro groups is 1. The summed E-state index contributed by atoms with van der Waals surface area (Å²) in [5, 5.41) is 10.7. The molecule has 2 aromatic carbocycles. The van der Waals surface area contributed by atoms with Crippen molar-refractivity contribution in [1.82, 2.24) is 0 Å². The monoisotopic (exact) mass is 299 g/mol. The normalized spacial score (nSPS) is 10.8. The Balaban J connectivity index is 1.96. The summed E-state index contributed by atoms with van der Waals surface area (Å²) >= 11 is 0. The molecular weight excluding hydrogens is 285 g/mol. The summed E-state index contributed by atoms with van der Waals surface area (Å²) in [6, 6.07) is 12.3. The van der Waals surface area contributed by atoms with Gasteiger partial charge >= 0.3 is 0 Å². The second-order valence-corrected chi connectivity index (χ2v) is 4.70. The highest BCUT2D eigenvalue weighted by molar-refractivity contribution is 6.04. The molecule has 0 aliphatic heterocycles. The van der Waals surface area contributed by atoms with E-state index >= 15 is 0 Å². The van der Waals surface area contributed by atoms with Crippen LogP contribution in [0.15, 0.2) is 60.7 Å². The standard InChI is InChI=1S/C17H14FNO3/c18-16-11-10-15(19(21)22)12-14(16)8-4-5-9-17(20)13-6-2-1-3-7-13/h1-3,5-7,9-12H,4,8H2/b9-5-. The lowest BCUT2D eigenvalue weighted by atomic mass is 10.1. The Kier molecular flexibility index (Phi) is 5.14. The van der Waals surface area contributed by atoms with Gasteiger partial charge < -0.3 is 0 Å². The summed E-state index contributed by atoms with van der Waals surface area (Å²) in [5.74, 6) is -0.603. The highest BCUT2D eigenvalue weighted by atomic mass is 19.1. The molecule has 5 heteroatoms. The molecule has 0 amide bonds. The number of hydrogen-bond donors (Lipinski definition) is 0. The Bertz CT molecular complexity index is 711. The molecular formula is C17H14FNO3. The van der Waals surface area contributed by atoms with Gasteiger partial charge in [0.25, 0.3) is 5.69 Å². The largest absolute Gasteiger partial charge is 0.289 e. The van der Waals surface area contributed by atoms with Crippen molar-refractivity contribution in [3.8, 4) is 0 Å². The molecule has 0 aromatic heterocycles. The molecule has 0 bridgehead atoms. The average molecular weight is 299 g/mol. The van der Waals surface area contributed by atoms with Gasteiger partial charge in [0.05, 0.1) is 4.92 Å². The van der Waals surface area contributed by atoms with Crippen molar-refractivity contribution in [2.75, 3.05) is 0 Å². The van der Waals surface area contributed by atoms with Crippen LogP contribution in [0.25, 0.3) is 0 Å². The number of hydrogen-bond acceptors (Lipinski definition) is 3. The molecule has 112 valence electrons. The third-order valence-corrected chi connectivity index (χ3v) is 3.15. The summed E-state index contributed by atoms with van der Waals surface area (Å²) in [7, 11) is 0. The first kappa shape index (κ1) is 15.6. The first-order valence-electron chi connectivity index (χ1n) is 6.76. The SMILES string of the molecule is O=C(/C=C\CCc1cc([N+](=O)[O-])ccc1F)c1ccccc1. The van der Waals surface area contributed by atoms with E-state index in [1.165, 1.54) is 12.1 Å². The lowest BCUT2D eigenvalue weighted by Crippen LogP contribution is -1.95. The van der Waals surface area contributed by atoms with Crippen LogP contribution in [0.3, 0.4) is 0 Å². The van der Waals surface area contributed by atoms with E-state index in [2.05, 4.69) is 0 Å². The minimum absolute atomic E-state index is 0.125. The van der Waals surface area contributed by atoms with E-state index in [9.17, 15) is 19.3 Å². The number of ketones is 1. The van der Waals surface area contributed by atoms with E-state index in [4.69, 9.17) is 0 Å². The number of non-ortho nitro benzene ring substituents is 1. The molecule has 0 N–H and O–H groups in total. The maximum atomic E-state index is 13.6. The Hall–Kier alpha value is -2.82. The minimum atomic E-state index is -0.558. The number of benzene rings is 2. The summed E-state index contributed by atoms with van der Waals surface area (Å²) in [6.07, 6.45) is 3.81. The summed E-state index contributed by atoms with van der Waals surface area (Å²) in [5.41, 5.74) is 0.715. The third kappa shape index (κ3) is 4.09. The first-order valence-corrected chi connectivity index (χ1v) is 6.76. The van der Waals surface area contributed by atoms with E-state index in [1.54, 1.807) is 30.3 Å². The molecule has 0 aliphatic rings. The van der Waals surface area contributed by atoms with Gasteiger partial charge in [-0.1, -0.05) is 36.4 Å². The summed E-state index contributed by atoms with van der Waals surface area (Å²) < 4.78 is 13.6. The van der Waals surface area contributed by atoms with Crippen LogP contribution in [0.5, 0.6) is 0 Å². The molecule has 0 aliphatic carbocycles. The van der Waals surface area contributed by atoms with E-state index in [0.717, 1.165) is 12.1 Å². The zero-order valence-electron chi connectivity index (χ0n) is 11.7. The van der Waals surface area contributed by atoms with Crippen LogP contribution in [-0.4, -0.2) is 10.7 Å². The molecule has 0 radical (unpaired) electrons. The number of carbonyl (C=O) groups excluding carboxylic acids is 1. The number of rotatable bonds is 6. The molecule has 22 heavy (non-hydrogen) atoms. The number of carbonyl (C=O) groups is 1. The Morgan fingerprint density at radius 2 is 1.91 bits per heavy atom. The molecule has 0 unspecified atom stereocenters. The zero-order chi connectivity index (χ0) is 15.9. The van der Waals surface area contributed by atoms with Gasteiger partial charge in [0.2, 0.25) is 0 Å². The highest BCUT2D eigenvalue weighted by Gasteiger charge is 2.10. The van der Waals surface area contributed by atoms with E-state index < -0.39 is 10.7 Å². The third-order valence-electron chi connectivity index (χ3n) is 3.15. The van der Waals surface area contributed by atoms with Crippen molar-refractivity contribution >= 4 is 11.5 Å². The average Bonchev–Trinajstić information content (AvgIpc) is 2.53. The maximum Gasteiger partial charge on any atom is 0.269 e. The number of aryl methyl sites for hydroxylation is 1. The van der Waals surface area contributed by atoms with Crippen LogP contribution in [0, 0.1) is 15.9 Å². The van der Waals surface area contributed by atoms with Gasteiger partial charge in [0.1, 0.15) is 5.82 Å². The lowest BCUT2D eigenvalue weighted by Gasteiger charge is -2.01. The predicted octanol–water partition coefficient (Wildman–Crippen LogP) is 4.11. The fraction of sp³-hybridized carbons (Fsp3) is 0.118. The summed E-state index contributed by atoms with van der Waals surface area (Å²) in [4.78, 5) is 21.9. The van der Waals surface area contributed by atoms with Crippen molar-refractivity contribution in [1.29, 1.82) is 0 Å². The maximum absolute atomic E-state index is 13.6. The van der Waals surface area contributed by atoms with Gasteiger partial charge in [-0.05, 0) is 30.5 Å². The van der Waals surface area contributed by atoms with Gasteiger partial charge in [-0.15, -0.1) is 0 Å². The van der Waals surface area contributed by atoms with Gasteiger partial charge in [-0.25, -0.2) is 4.39 Å². The number of allylic oxidation sites excluding steroid dienone is 2. The summed E-state index contributed by atoms with van der Waals surface area (Å²) in [6.45, 7) is 0. The predicted molar refractivity (Wildman–Crippen MR) is 81.3 cm³/mol.